The Morgan fingerprint density at radius 3 is 2.64 bits per heavy atom. The molecule has 0 atom stereocenters. The van der Waals surface area contributed by atoms with Crippen LogP contribution in [0.15, 0.2) is 42.7 Å². The Kier molecular flexibility index (Phi) is 3.71. The molecule has 3 aromatic rings. The van der Waals surface area contributed by atoms with Gasteiger partial charge in [0.1, 0.15) is 6.33 Å². The Balaban J connectivity index is 2.02. The molecule has 3 rings (SSSR count). The number of aromatic nitrogens is 3. The van der Waals surface area contributed by atoms with Crippen molar-refractivity contribution in [2.45, 2.75) is 0 Å². The van der Waals surface area contributed by atoms with E-state index in [1.807, 2.05) is 30.3 Å². The van der Waals surface area contributed by atoms with Gasteiger partial charge in [-0.25, -0.2) is 9.50 Å². The lowest BCUT2D eigenvalue weighted by Crippen LogP contribution is -2.13. The summed E-state index contributed by atoms with van der Waals surface area (Å²) < 4.78 is 1.61. The number of rotatable bonds is 5. The van der Waals surface area contributed by atoms with Crippen LogP contribution in [0.1, 0.15) is 10.4 Å². The van der Waals surface area contributed by atoms with Crippen LogP contribution in [0.3, 0.4) is 0 Å². The van der Waals surface area contributed by atoms with Crippen LogP contribution in [0.25, 0.3) is 16.9 Å². The minimum atomic E-state index is -0.522. The number of primary amides is 1. The van der Waals surface area contributed by atoms with Crippen molar-refractivity contribution in [3.8, 4) is 11.3 Å². The number of nitrogens with zero attached hydrogens (tertiary/aromatic N) is 3. The van der Waals surface area contributed by atoms with E-state index in [2.05, 4.69) is 15.4 Å². The lowest BCUT2D eigenvalue weighted by molar-refractivity contribution is 0.100. The van der Waals surface area contributed by atoms with E-state index in [0.29, 0.717) is 17.8 Å². The standard InChI is InChI=1S/C15H16N6O/c16-7-8-18-11-3-1-10(2-4-11)13-6-5-12(14(17)22)15-19-9-20-21(13)15/h1-6,9,18H,7-8,16H2,(H2,17,22). The predicted octanol–water partition coefficient (Wildman–Crippen LogP) is 0.866. The van der Waals surface area contributed by atoms with Crippen LogP contribution in [-0.2, 0) is 0 Å². The van der Waals surface area contributed by atoms with Crippen molar-refractivity contribution in [3.63, 3.8) is 0 Å². The fourth-order valence-electron chi connectivity index (χ4n) is 2.30. The summed E-state index contributed by atoms with van der Waals surface area (Å²) in [6, 6.07) is 11.4. The molecule has 0 aliphatic heterocycles. The van der Waals surface area contributed by atoms with Crippen LogP contribution in [0, 0.1) is 0 Å². The van der Waals surface area contributed by atoms with Gasteiger partial charge >= 0.3 is 0 Å². The van der Waals surface area contributed by atoms with Gasteiger partial charge in [0.15, 0.2) is 5.65 Å². The average Bonchev–Trinajstić information content (AvgIpc) is 3.02. The van der Waals surface area contributed by atoms with Gasteiger partial charge in [0.25, 0.3) is 5.91 Å². The van der Waals surface area contributed by atoms with Crippen molar-refractivity contribution in [2.75, 3.05) is 18.4 Å². The molecule has 2 aromatic heterocycles. The van der Waals surface area contributed by atoms with E-state index in [4.69, 9.17) is 11.5 Å². The van der Waals surface area contributed by atoms with Gasteiger partial charge in [0.05, 0.1) is 11.3 Å². The van der Waals surface area contributed by atoms with Crippen molar-refractivity contribution < 1.29 is 4.79 Å². The Morgan fingerprint density at radius 1 is 1.18 bits per heavy atom. The van der Waals surface area contributed by atoms with E-state index in [1.165, 1.54) is 6.33 Å². The van der Waals surface area contributed by atoms with Gasteiger partial charge in [0.2, 0.25) is 0 Å². The van der Waals surface area contributed by atoms with Gasteiger partial charge in [-0.05, 0) is 24.3 Å². The predicted molar refractivity (Wildman–Crippen MR) is 84.5 cm³/mol. The number of carbonyl (C=O) groups is 1. The van der Waals surface area contributed by atoms with Gasteiger partial charge in [-0.15, -0.1) is 0 Å². The molecule has 0 fully saturated rings. The lowest BCUT2D eigenvalue weighted by Gasteiger charge is -2.08. The third-order valence-electron chi connectivity index (χ3n) is 3.34. The monoisotopic (exact) mass is 296 g/mol. The normalized spacial score (nSPS) is 10.8. The molecule has 0 radical (unpaired) electrons. The first kappa shape index (κ1) is 14.0. The van der Waals surface area contributed by atoms with Gasteiger partial charge in [-0.1, -0.05) is 12.1 Å². The number of hydrogen-bond donors (Lipinski definition) is 3. The highest BCUT2D eigenvalue weighted by Gasteiger charge is 2.13. The SMILES string of the molecule is NCCNc1ccc(-c2ccc(C(N)=O)c3ncnn23)cc1. The van der Waals surface area contributed by atoms with E-state index >= 15 is 0 Å². The van der Waals surface area contributed by atoms with Gasteiger partial charge in [0, 0.05) is 24.3 Å². The van der Waals surface area contributed by atoms with Crippen LogP contribution >= 0.6 is 0 Å². The molecule has 2 heterocycles. The molecule has 0 unspecified atom stereocenters. The molecule has 7 heteroatoms. The summed E-state index contributed by atoms with van der Waals surface area (Å²) in [7, 11) is 0. The second-order valence-corrected chi connectivity index (χ2v) is 4.78. The van der Waals surface area contributed by atoms with E-state index < -0.39 is 5.91 Å². The Hall–Kier alpha value is -2.93. The summed E-state index contributed by atoms with van der Waals surface area (Å²) in [5.74, 6) is -0.522. The average molecular weight is 296 g/mol. The molecule has 7 nitrogen and oxygen atoms in total. The highest BCUT2D eigenvalue weighted by molar-refractivity contribution is 5.99. The molecule has 0 aliphatic rings. The summed E-state index contributed by atoms with van der Waals surface area (Å²) in [5, 5.41) is 7.38. The summed E-state index contributed by atoms with van der Waals surface area (Å²) >= 11 is 0. The van der Waals surface area contributed by atoms with E-state index in [0.717, 1.165) is 23.5 Å². The molecule has 0 saturated carbocycles. The fraction of sp³-hybridized carbons (Fsp3) is 0.133. The lowest BCUT2D eigenvalue weighted by atomic mass is 10.1. The van der Waals surface area contributed by atoms with Crippen molar-refractivity contribution in [2.24, 2.45) is 11.5 Å². The molecule has 0 saturated heterocycles. The molecule has 0 spiro atoms. The first-order valence-electron chi connectivity index (χ1n) is 6.87. The highest BCUT2D eigenvalue weighted by Crippen LogP contribution is 2.23. The third kappa shape index (κ3) is 2.49. The van der Waals surface area contributed by atoms with Crippen molar-refractivity contribution in [1.29, 1.82) is 0 Å². The zero-order valence-corrected chi connectivity index (χ0v) is 11.9. The highest BCUT2D eigenvalue weighted by atomic mass is 16.1. The van der Waals surface area contributed by atoms with Gasteiger partial charge in [-0.2, -0.15) is 5.10 Å². The van der Waals surface area contributed by atoms with Crippen molar-refractivity contribution in [1.82, 2.24) is 14.6 Å². The molecular weight excluding hydrogens is 280 g/mol. The maximum Gasteiger partial charge on any atom is 0.252 e. The smallest absolute Gasteiger partial charge is 0.252 e. The molecule has 22 heavy (non-hydrogen) atoms. The summed E-state index contributed by atoms with van der Waals surface area (Å²) in [6.07, 6.45) is 1.41. The number of hydrogen-bond acceptors (Lipinski definition) is 5. The topological polar surface area (TPSA) is 111 Å². The summed E-state index contributed by atoms with van der Waals surface area (Å²) in [4.78, 5) is 15.5. The van der Waals surface area contributed by atoms with E-state index in [1.54, 1.807) is 10.6 Å². The molecule has 5 N–H and O–H groups in total. The minimum Gasteiger partial charge on any atom is -0.384 e. The van der Waals surface area contributed by atoms with Crippen LogP contribution in [0.4, 0.5) is 5.69 Å². The number of nitrogens with one attached hydrogen (secondary N) is 1. The number of benzene rings is 1. The van der Waals surface area contributed by atoms with Crippen molar-refractivity contribution in [3.05, 3.63) is 48.3 Å². The molecule has 1 amide bonds. The molecular formula is C15H16N6O. The molecule has 1 aromatic carbocycles. The molecule has 112 valence electrons. The van der Waals surface area contributed by atoms with E-state index in [9.17, 15) is 4.79 Å². The first-order valence-corrected chi connectivity index (χ1v) is 6.87. The fourth-order valence-corrected chi connectivity index (χ4v) is 2.30. The van der Waals surface area contributed by atoms with Gasteiger partial charge in [-0.3, -0.25) is 4.79 Å². The van der Waals surface area contributed by atoms with E-state index in [-0.39, 0.29) is 0 Å². The van der Waals surface area contributed by atoms with Crippen LogP contribution < -0.4 is 16.8 Å². The number of carbonyl (C=O) groups excluding carboxylic acids is 1. The van der Waals surface area contributed by atoms with Crippen molar-refractivity contribution >= 4 is 17.2 Å². The summed E-state index contributed by atoms with van der Waals surface area (Å²) in [6.45, 7) is 1.30. The number of fused-ring (bicyclic) bond motifs is 1. The third-order valence-corrected chi connectivity index (χ3v) is 3.34. The number of amides is 1. The zero-order valence-electron chi connectivity index (χ0n) is 11.9. The minimum absolute atomic E-state index is 0.350. The van der Waals surface area contributed by atoms with Gasteiger partial charge < -0.3 is 16.8 Å². The number of anilines is 1. The molecule has 0 bridgehead atoms. The summed E-state index contributed by atoms with van der Waals surface area (Å²) in [5.41, 5.74) is 14.4. The second-order valence-electron chi connectivity index (χ2n) is 4.78. The van der Waals surface area contributed by atoms with Crippen LogP contribution in [0.5, 0.6) is 0 Å². The largest absolute Gasteiger partial charge is 0.384 e. The van der Waals surface area contributed by atoms with Crippen LogP contribution in [-0.4, -0.2) is 33.6 Å². The maximum atomic E-state index is 11.4. The first-order chi connectivity index (χ1) is 10.7. The Morgan fingerprint density at radius 2 is 1.95 bits per heavy atom. The number of pyridine rings is 1. The van der Waals surface area contributed by atoms with Crippen LogP contribution in [0.2, 0.25) is 0 Å². The quantitative estimate of drug-likeness (QED) is 0.646. The molecule has 0 aliphatic carbocycles. The second kappa shape index (κ2) is 5.82. The zero-order chi connectivity index (χ0) is 15.5. The Labute approximate surface area is 127 Å². The Bertz CT molecular complexity index is 809. The number of nitrogens with two attached hydrogens (primary N) is 2. The maximum absolute atomic E-state index is 11.4.